The summed E-state index contributed by atoms with van der Waals surface area (Å²) >= 11 is 6.05. The Kier molecular flexibility index (Phi) is 5.29. The molecule has 1 saturated carbocycles. The molecule has 0 heterocycles. The van der Waals surface area contributed by atoms with Gasteiger partial charge in [-0.15, -0.1) is 0 Å². The van der Waals surface area contributed by atoms with E-state index in [-0.39, 0.29) is 0 Å². The molecule has 2 heteroatoms. The number of rotatable bonds is 6. The first-order valence-electron chi connectivity index (χ1n) is 7.60. The highest BCUT2D eigenvalue weighted by Gasteiger charge is 2.31. The molecular weight excluding hydrogens is 254 g/mol. The van der Waals surface area contributed by atoms with Crippen LogP contribution in [0.15, 0.2) is 24.3 Å². The summed E-state index contributed by atoms with van der Waals surface area (Å²) in [6, 6.07) is 9.67. The van der Waals surface area contributed by atoms with Crippen LogP contribution in [0, 0.1) is 5.92 Å². The molecule has 1 aliphatic rings. The molecule has 0 aromatic heterocycles. The van der Waals surface area contributed by atoms with Gasteiger partial charge in [-0.25, -0.2) is 0 Å². The fourth-order valence-corrected chi connectivity index (χ4v) is 3.23. The SMILES string of the molecule is CCC(C)CC(C)NC1CC(c2cccc(Cl)c2)C1. The van der Waals surface area contributed by atoms with Crippen LogP contribution in [0.4, 0.5) is 0 Å². The Bertz CT molecular complexity index is 398. The summed E-state index contributed by atoms with van der Waals surface area (Å²) in [6.07, 6.45) is 5.08. The lowest BCUT2D eigenvalue weighted by molar-refractivity contribution is 0.254. The monoisotopic (exact) mass is 279 g/mol. The van der Waals surface area contributed by atoms with Crippen LogP contribution < -0.4 is 5.32 Å². The average Bonchev–Trinajstić information content (AvgIpc) is 2.33. The van der Waals surface area contributed by atoms with Crippen molar-refractivity contribution in [1.29, 1.82) is 0 Å². The average molecular weight is 280 g/mol. The highest BCUT2D eigenvalue weighted by Crippen LogP contribution is 2.38. The Morgan fingerprint density at radius 3 is 2.68 bits per heavy atom. The molecule has 1 aromatic carbocycles. The van der Waals surface area contributed by atoms with Gasteiger partial charge in [-0.3, -0.25) is 0 Å². The molecule has 0 saturated heterocycles. The van der Waals surface area contributed by atoms with Crippen LogP contribution in [0.3, 0.4) is 0 Å². The summed E-state index contributed by atoms with van der Waals surface area (Å²) in [4.78, 5) is 0. The maximum absolute atomic E-state index is 6.05. The molecule has 0 spiro atoms. The van der Waals surface area contributed by atoms with Crippen molar-refractivity contribution in [2.45, 2.75) is 64.5 Å². The smallest absolute Gasteiger partial charge is 0.0408 e. The topological polar surface area (TPSA) is 12.0 Å². The standard InChI is InChI=1S/C17H26ClN/c1-4-12(2)8-13(3)19-17-10-15(11-17)14-6-5-7-16(18)9-14/h5-7,9,12-13,15,17,19H,4,8,10-11H2,1-3H3. The van der Waals surface area contributed by atoms with E-state index in [1.165, 1.54) is 31.2 Å². The van der Waals surface area contributed by atoms with Gasteiger partial charge in [-0.1, -0.05) is 44.0 Å². The summed E-state index contributed by atoms with van der Waals surface area (Å²) in [6.45, 7) is 6.93. The molecule has 1 aliphatic carbocycles. The Morgan fingerprint density at radius 2 is 2.05 bits per heavy atom. The van der Waals surface area contributed by atoms with E-state index in [2.05, 4.69) is 44.3 Å². The number of hydrogen-bond donors (Lipinski definition) is 1. The first kappa shape index (κ1) is 14.9. The molecule has 2 unspecified atom stereocenters. The minimum Gasteiger partial charge on any atom is -0.311 e. The largest absolute Gasteiger partial charge is 0.311 e. The van der Waals surface area contributed by atoms with Crippen LogP contribution in [0.25, 0.3) is 0 Å². The molecule has 19 heavy (non-hydrogen) atoms. The van der Waals surface area contributed by atoms with E-state index in [1.807, 2.05) is 6.07 Å². The normalized spacial score (nSPS) is 25.7. The van der Waals surface area contributed by atoms with Crippen LogP contribution in [-0.2, 0) is 0 Å². The van der Waals surface area contributed by atoms with Gasteiger partial charge in [0.25, 0.3) is 0 Å². The predicted molar refractivity (Wildman–Crippen MR) is 83.9 cm³/mol. The number of benzene rings is 1. The number of halogens is 1. The van der Waals surface area contributed by atoms with Gasteiger partial charge < -0.3 is 5.32 Å². The molecule has 1 fully saturated rings. The quantitative estimate of drug-likeness (QED) is 0.773. The third-order valence-corrected chi connectivity index (χ3v) is 4.67. The minimum atomic E-state index is 0.639. The van der Waals surface area contributed by atoms with Gasteiger partial charge >= 0.3 is 0 Å². The molecule has 0 radical (unpaired) electrons. The van der Waals surface area contributed by atoms with E-state index in [0.717, 1.165) is 10.9 Å². The Hall–Kier alpha value is -0.530. The molecule has 1 aromatic rings. The van der Waals surface area contributed by atoms with E-state index in [1.54, 1.807) is 0 Å². The highest BCUT2D eigenvalue weighted by molar-refractivity contribution is 6.30. The van der Waals surface area contributed by atoms with Crippen LogP contribution in [0.2, 0.25) is 5.02 Å². The highest BCUT2D eigenvalue weighted by atomic mass is 35.5. The zero-order valence-corrected chi connectivity index (χ0v) is 13.1. The summed E-state index contributed by atoms with van der Waals surface area (Å²) in [5.41, 5.74) is 1.40. The van der Waals surface area contributed by atoms with E-state index in [0.29, 0.717) is 18.0 Å². The lowest BCUT2D eigenvalue weighted by Gasteiger charge is -2.38. The molecule has 1 N–H and O–H groups in total. The molecule has 0 aliphatic heterocycles. The second-order valence-electron chi connectivity index (χ2n) is 6.24. The molecular formula is C17H26ClN. The second kappa shape index (κ2) is 6.76. The zero-order chi connectivity index (χ0) is 13.8. The van der Waals surface area contributed by atoms with Crippen molar-refractivity contribution in [2.24, 2.45) is 5.92 Å². The Balaban J connectivity index is 1.74. The van der Waals surface area contributed by atoms with Crippen molar-refractivity contribution in [3.8, 4) is 0 Å². The summed E-state index contributed by atoms with van der Waals surface area (Å²) < 4.78 is 0. The Morgan fingerprint density at radius 1 is 1.32 bits per heavy atom. The van der Waals surface area contributed by atoms with Crippen LogP contribution in [0.1, 0.15) is 57.9 Å². The van der Waals surface area contributed by atoms with Crippen molar-refractivity contribution in [1.82, 2.24) is 5.32 Å². The number of nitrogens with one attached hydrogen (secondary N) is 1. The van der Waals surface area contributed by atoms with E-state index >= 15 is 0 Å². The Labute approximate surface area is 122 Å². The van der Waals surface area contributed by atoms with Crippen molar-refractivity contribution in [3.63, 3.8) is 0 Å². The van der Waals surface area contributed by atoms with Crippen molar-refractivity contribution < 1.29 is 0 Å². The fourth-order valence-electron chi connectivity index (χ4n) is 3.03. The predicted octanol–water partition coefficient (Wildman–Crippen LogP) is 5.00. The summed E-state index contributed by atoms with van der Waals surface area (Å²) in [7, 11) is 0. The summed E-state index contributed by atoms with van der Waals surface area (Å²) in [5.74, 6) is 1.53. The van der Waals surface area contributed by atoms with Crippen LogP contribution >= 0.6 is 11.6 Å². The fraction of sp³-hybridized carbons (Fsp3) is 0.647. The van der Waals surface area contributed by atoms with Gasteiger partial charge in [-0.2, -0.15) is 0 Å². The van der Waals surface area contributed by atoms with E-state index < -0.39 is 0 Å². The minimum absolute atomic E-state index is 0.639. The van der Waals surface area contributed by atoms with Gasteiger partial charge in [-0.05, 0) is 55.7 Å². The maximum atomic E-state index is 6.05. The van der Waals surface area contributed by atoms with E-state index in [4.69, 9.17) is 11.6 Å². The molecule has 1 nitrogen and oxygen atoms in total. The third kappa shape index (κ3) is 4.22. The molecule has 0 amide bonds. The van der Waals surface area contributed by atoms with Gasteiger partial charge in [0.1, 0.15) is 0 Å². The summed E-state index contributed by atoms with van der Waals surface area (Å²) in [5, 5.41) is 4.62. The van der Waals surface area contributed by atoms with Gasteiger partial charge in [0.15, 0.2) is 0 Å². The molecule has 106 valence electrons. The van der Waals surface area contributed by atoms with Crippen LogP contribution in [0.5, 0.6) is 0 Å². The van der Waals surface area contributed by atoms with Gasteiger partial charge in [0, 0.05) is 17.1 Å². The first-order valence-corrected chi connectivity index (χ1v) is 7.97. The number of hydrogen-bond acceptors (Lipinski definition) is 1. The lowest BCUT2D eigenvalue weighted by atomic mass is 9.75. The molecule has 2 rings (SSSR count). The van der Waals surface area contributed by atoms with Crippen molar-refractivity contribution >= 4 is 11.6 Å². The third-order valence-electron chi connectivity index (χ3n) is 4.43. The first-order chi connectivity index (χ1) is 9.08. The zero-order valence-electron chi connectivity index (χ0n) is 12.3. The van der Waals surface area contributed by atoms with Gasteiger partial charge in [0.2, 0.25) is 0 Å². The lowest BCUT2D eigenvalue weighted by Crippen LogP contribution is -2.44. The second-order valence-corrected chi connectivity index (χ2v) is 6.67. The van der Waals surface area contributed by atoms with Crippen LogP contribution in [-0.4, -0.2) is 12.1 Å². The van der Waals surface area contributed by atoms with Crippen molar-refractivity contribution in [3.05, 3.63) is 34.9 Å². The van der Waals surface area contributed by atoms with Crippen molar-refractivity contribution in [2.75, 3.05) is 0 Å². The maximum Gasteiger partial charge on any atom is 0.0408 e. The molecule has 0 bridgehead atoms. The molecule has 2 atom stereocenters. The van der Waals surface area contributed by atoms with Gasteiger partial charge in [0.05, 0.1) is 0 Å². The van der Waals surface area contributed by atoms with E-state index in [9.17, 15) is 0 Å².